The zero-order valence-electron chi connectivity index (χ0n) is 13.3. The van der Waals surface area contributed by atoms with Crippen molar-refractivity contribution in [2.24, 2.45) is 0 Å². The lowest BCUT2D eigenvalue weighted by atomic mass is 10.0. The summed E-state index contributed by atoms with van der Waals surface area (Å²) in [7, 11) is 0. The molecule has 0 bridgehead atoms. The Kier molecular flexibility index (Phi) is 6.65. The van der Waals surface area contributed by atoms with Gasteiger partial charge in [-0.3, -0.25) is 9.59 Å². The van der Waals surface area contributed by atoms with Crippen molar-refractivity contribution < 1.29 is 23.5 Å². The summed E-state index contributed by atoms with van der Waals surface area (Å²) in [5.74, 6) is -0.349. The van der Waals surface area contributed by atoms with E-state index in [2.05, 4.69) is 5.32 Å². The van der Waals surface area contributed by atoms with E-state index >= 15 is 0 Å². The fraction of sp³-hybridized carbons (Fsp3) is 0.786. The second-order valence-corrected chi connectivity index (χ2v) is 7.42. The second-order valence-electron chi connectivity index (χ2n) is 6.26. The minimum absolute atomic E-state index is 0.00474. The Morgan fingerprint density at radius 1 is 1.32 bits per heavy atom. The van der Waals surface area contributed by atoms with Crippen molar-refractivity contribution in [1.82, 2.24) is 10.2 Å². The molecule has 1 rings (SSSR count). The molecule has 0 aliphatic carbocycles. The normalized spacial score (nSPS) is 22.1. The maximum atomic E-state index is 13.8. The third-order valence-electron chi connectivity index (χ3n) is 2.82. The number of nitrogens with zero attached hydrogens (tertiary/aromatic N) is 1. The predicted octanol–water partition coefficient (Wildman–Crippen LogP) is 1.73. The van der Waals surface area contributed by atoms with Crippen LogP contribution in [0, 0.1) is 0 Å². The van der Waals surface area contributed by atoms with Crippen LogP contribution in [0.3, 0.4) is 0 Å². The second kappa shape index (κ2) is 7.80. The van der Waals surface area contributed by atoms with Crippen LogP contribution in [0.2, 0.25) is 0 Å². The third kappa shape index (κ3) is 7.11. The zero-order chi connectivity index (χ0) is 16.9. The molecule has 8 heteroatoms. The number of hydrogen-bond donors (Lipinski definition) is 1. The van der Waals surface area contributed by atoms with Gasteiger partial charge in [-0.15, -0.1) is 0 Å². The fourth-order valence-electron chi connectivity index (χ4n) is 2.05. The van der Waals surface area contributed by atoms with E-state index in [1.165, 1.54) is 11.8 Å². The lowest BCUT2D eigenvalue weighted by molar-refractivity contribution is -0.120. The zero-order valence-corrected chi connectivity index (χ0v) is 14.2. The summed E-state index contributed by atoms with van der Waals surface area (Å²) in [6.07, 6.45) is -1.66. The van der Waals surface area contributed by atoms with Crippen molar-refractivity contribution in [2.45, 2.75) is 51.9 Å². The first-order chi connectivity index (χ1) is 10.1. The first-order valence-corrected chi connectivity index (χ1v) is 8.10. The average molecular weight is 334 g/mol. The summed E-state index contributed by atoms with van der Waals surface area (Å²) in [6.45, 7) is 6.75. The van der Waals surface area contributed by atoms with Crippen LogP contribution in [0.4, 0.5) is 9.18 Å². The van der Waals surface area contributed by atoms with Crippen LogP contribution in [0.15, 0.2) is 0 Å². The Morgan fingerprint density at radius 2 is 1.95 bits per heavy atom. The van der Waals surface area contributed by atoms with E-state index in [0.29, 0.717) is 0 Å². The molecule has 0 aromatic rings. The van der Waals surface area contributed by atoms with Gasteiger partial charge in [0, 0.05) is 25.9 Å². The molecule has 1 saturated heterocycles. The Labute approximate surface area is 134 Å². The number of alkyl halides is 1. The first kappa shape index (κ1) is 18.7. The Bertz CT molecular complexity index is 439. The summed E-state index contributed by atoms with van der Waals surface area (Å²) < 4.78 is 19.0. The number of likely N-dealkylation sites (tertiary alicyclic amines) is 1. The van der Waals surface area contributed by atoms with Gasteiger partial charge < -0.3 is 15.0 Å². The first-order valence-electron chi connectivity index (χ1n) is 7.11. The Hall–Kier alpha value is -1.31. The van der Waals surface area contributed by atoms with Crippen molar-refractivity contribution in [2.75, 3.05) is 18.8 Å². The molecule has 2 amide bonds. The highest BCUT2D eigenvalue weighted by Gasteiger charge is 2.33. The highest BCUT2D eigenvalue weighted by Crippen LogP contribution is 2.18. The molecule has 6 nitrogen and oxygen atoms in total. The smallest absolute Gasteiger partial charge is 0.410 e. The molecule has 126 valence electrons. The van der Waals surface area contributed by atoms with Crippen LogP contribution < -0.4 is 5.32 Å². The number of carbonyl (C=O) groups is 3. The molecule has 1 heterocycles. The minimum Gasteiger partial charge on any atom is -0.444 e. The Balaban J connectivity index is 2.54. The van der Waals surface area contributed by atoms with E-state index in [4.69, 9.17) is 4.74 Å². The van der Waals surface area contributed by atoms with Crippen molar-refractivity contribution in [3.8, 4) is 0 Å². The number of rotatable bonds is 3. The lowest BCUT2D eigenvalue weighted by Gasteiger charge is -2.36. The monoisotopic (exact) mass is 334 g/mol. The molecule has 2 atom stereocenters. The fourth-order valence-corrected chi connectivity index (χ4v) is 2.47. The van der Waals surface area contributed by atoms with E-state index in [-0.39, 0.29) is 36.3 Å². The van der Waals surface area contributed by atoms with E-state index in [9.17, 15) is 18.8 Å². The van der Waals surface area contributed by atoms with Gasteiger partial charge in [0.25, 0.3) is 0 Å². The van der Waals surface area contributed by atoms with Crippen molar-refractivity contribution in [3.05, 3.63) is 0 Å². The molecule has 1 N–H and O–H groups in total. The summed E-state index contributed by atoms with van der Waals surface area (Å²) >= 11 is 0.894. The molecule has 1 fully saturated rings. The topological polar surface area (TPSA) is 75.7 Å². The number of hydrogen-bond acceptors (Lipinski definition) is 5. The maximum absolute atomic E-state index is 13.8. The minimum atomic E-state index is -1.22. The van der Waals surface area contributed by atoms with Crippen molar-refractivity contribution in [3.63, 3.8) is 0 Å². The molecule has 1 aliphatic rings. The summed E-state index contributed by atoms with van der Waals surface area (Å²) in [5.41, 5.74) is -0.656. The maximum Gasteiger partial charge on any atom is 0.410 e. The van der Waals surface area contributed by atoms with Crippen LogP contribution in [0.5, 0.6) is 0 Å². The van der Waals surface area contributed by atoms with Crippen LogP contribution >= 0.6 is 11.8 Å². The number of amides is 2. The van der Waals surface area contributed by atoms with Gasteiger partial charge in [-0.05, 0) is 20.8 Å². The molecule has 22 heavy (non-hydrogen) atoms. The number of carbonyl (C=O) groups excluding carboxylic acids is 3. The standard InChI is InChI=1S/C14H23FN2O4S/c1-9(18)22-8-12(19)16-11-5-10(15)6-17(7-11)13(20)21-14(2,3)4/h10-11H,5-8H2,1-4H3,(H,16,19)/t10-,11-/m0/s1. The van der Waals surface area contributed by atoms with Crippen LogP contribution in [-0.4, -0.2) is 58.7 Å². The van der Waals surface area contributed by atoms with Gasteiger partial charge in [0.05, 0.1) is 12.3 Å². The van der Waals surface area contributed by atoms with Gasteiger partial charge in [-0.25, -0.2) is 9.18 Å². The van der Waals surface area contributed by atoms with Gasteiger partial charge in [0.2, 0.25) is 5.91 Å². The van der Waals surface area contributed by atoms with Gasteiger partial charge >= 0.3 is 6.09 Å². The van der Waals surface area contributed by atoms with Crippen molar-refractivity contribution in [1.29, 1.82) is 0 Å². The summed E-state index contributed by atoms with van der Waals surface area (Å²) in [5, 5.41) is 2.50. The largest absolute Gasteiger partial charge is 0.444 e. The van der Waals surface area contributed by atoms with Gasteiger partial charge in [0.15, 0.2) is 5.12 Å². The third-order valence-corrected chi connectivity index (χ3v) is 3.64. The van der Waals surface area contributed by atoms with E-state index < -0.39 is 23.9 Å². The van der Waals surface area contributed by atoms with Crippen LogP contribution in [0.25, 0.3) is 0 Å². The highest BCUT2D eigenvalue weighted by molar-refractivity contribution is 8.14. The molecule has 0 saturated carbocycles. The van der Waals surface area contributed by atoms with Gasteiger partial charge in [0.1, 0.15) is 11.8 Å². The van der Waals surface area contributed by atoms with Gasteiger partial charge in [-0.2, -0.15) is 0 Å². The lowest BCUT2D eigenvalue weighted by Crippen LogP contribution is -2.54. The number of thioether (sulfide) groups is 1. The quantitative estimate of drug-likeness (QED) is 0.851. The van der Waals surface area contributed by atoms with Crippen LogP contribution in [0.1, 0.15) is 34.1 Å². The highest BCUT2D eigenvalue weighted by atomic mass is 32.2. The Morgan fingerprint density at radius 3 is 2.50 bits per heavy atom. The van der Waals surface area contributed by atoms with Gasteiger partial charge in [-0.1, -0.05) is 11.8 Å². The van der Waals surface area contributed by atoms with Crippen LogP contribution in [-0.2, 0) is 14.3 Å². The van der Waals surface area contributed by atoms with E-state index in [1.807, 2.05) is 0 Å². The number of nitrogens with one attached hydrogen (secondary N) is 1. The molecule has 0 spiro atoms. The summed E-state index contributed by atoms with van der Waals surface area (Å²) in [4.78, 5) is 35.8. The number of ether oxygens (including phenoxy) is 1. The molecule has 0 aromatic carbocycles. The molecule has 0 radical (unpaired) electrons. The van der Waals surface area contributed by atoms with Crippen molar-refractivity contribution >= 4 is 28.9 Å². The molecule has 1 aliphatic heterocycles. The number of piperidine rings is 1. The van der Waals surface area contributed by atoms with E-state index in [0.717, 1.165) is 11.8 Å². The molecular weight excluding hydrogens is 311 g/mol. The average Bonchev–Trinajstić information content (AvgIpc) is 2.33. The molecule has 0 unspecified atom stereocenters. The SMILES string of the molecule is CC(=O)SCC(=O)N[C@H]1C[C@H](F)CN(C(=O)OC(C)(C)C)C1. The molecular formula is C14H23FN2O4S. The van der Waals surface area contributed by atoms with E-state index in [1.54, 1.807) is 20.8 Å². The predicted molar refractivity (Wildman–Crippen MR) is 82.4 cm³/mol. The molecule has 0 aromatic heterocycles. The number of halogens is 1. The summed E-state index contributed by atoms with van der Waals surface area (Å²) in [6, 6.07) is -0.476.